The van der Waals surface area contributed by atoms with Crippen LogP contribution in [-0.4, -0.2) is 17.2 Å². The minimum Gasteiger partial charge on any atom is -0.423 e. The van der Waals surface area contributed by atoms with Gasteiger partial charge in [-0.2, -0.15) is 4.39 Å². The highest BCUT2D eigenvalue weighted by atomic mass is 32.1. The molecule has 4 N–H and O–H groups in total. The minimum atomic E-state index is -1.63. The number of nitrogens with two attached hydrogens (primary N) is 1. The van der Waals surface area contributed by atoms with Gasteiger partial charge in [0, 0.05) is 10.4 Å². The van der Waals surface area contributed by atoms with Crippen LogP contribution in [0.25, 0.3) is 10.1 Å². The predicted octanol–water partition coefficient (Wildman–Crippen LogP) is 0.302. The third-order valence-electron chi connectivity index (χ3n) is 1.94. The van der Waals surface area contributed by atoms with Gasteiger partial charge in [-0.25, -0.2) is 0 Å². The van der Waals surface area contributed by atoms with E-state index in [0.717, 1.165) is 11.3 Å². The standard InChI is InChI=1S/C8H7BFNO2S/c10-8-3-5-6(9(12)13)1-4(11)2-7(5)14-8/h1-3,12-13H,11H2. The van der Waals surface area contributed by atoms with Crippen LogP contribution >= 0.6 is 11.3 Å². The van der Waals surface area contributed by atoms with E-state index < -0.39 is 7.12 Å². The monoisotopic (exact) mass is 211 g/mol. The number of fused-ring (bicyclic) bond motifs is 1. The number of nitrogen functional groups attached to an aromatic ring is 1. The van der Waals surface area contributed by atoms with E-state index in [1.807, 2.05) is 0 Å². The maximum atomic E-state index is 12.9. The van der Waals surface area contributed by atoms with Crippen LogP contribution in [0.3, 0.4) is 0 Å². The fourth-order valence-corrected chi connectivity index (χ4v) is 2.24. The molecule has 2 rings (SSSR count). The number of anilines is 1. The second-order valence-corrected chi connectivity index (χ2v) is 3.98. The summed E-state index contributed by atoms with van der Waals surface area (Å²) in [6.07, 6.45) is 0. The van der Waals surface area contributed by atoms with E-state index >= 15 is 0 Å². The average Bonchev–Trinajstić information content (AvgIpc) is 2.42. The number of hydrogen-bond acceptors (Lipinski definition) is 4. The van der Waals surface area contributed by atoms with E-state index in [1.165, 1.54) is 12.1 Å². The molecule has 0 saturated carbocycles. The Hall–Kier alpha value is -1.11. The second kappa shape index (κ2) is 3.23. The van der Waals surface area contributed by atoms with Gasteiger partial charge in [0.2, 0.25) is 0 Å². The third-order valence-corrected chi connectivity index (χ3v) is 2.81. The summed E-state index contributed by atoms with van der Waals surface area (Å²) in [4.78, 5) is 0. The summed E-state index contributed by atoms with van der Waals surface area (Å²) in [6.45, 7) is 0. The topological polar surface area (TPSA) is 66.5 Å². The van der Waals surface area contributed by atoms with Crippen LogP contribution in [0.4, 0.5) is 10.1 Å². The van der Waals surface area contributed by atoms with Crippen LogP contribution in [0.2, 0.25) is 0 Å². The zero-order valence-electron chi connectivity index (χ0n) is 7.07. The Balaban J connectivity index is 2.79. The normalized spacial score (nSPS) is 10.8. The summed E-state index contributed by atoms with van der Waals surface area (Å²) < 4.78 is 13.5. The number of thiophene rings is 1. The SMILES string of the molecule is Nc1cc(B(O)O)c2cc(F)sc2c1. The zero-order valence-corrected chi connectivity index (χ0v) is 7.88. The molecule has 0 spiro atoms. The van der Waals surface area contributed by atoms with Crippen molar-refractivity contribution < 1.29 is 14.4 Å². The first-order chi connectivity index (χ1) is 6.58. The Labute approximate surface area is 83.7 Å². The van der Waals surface area contributed by atoms with Gasteiger partial charge >= 0.3 is 7.12 Å². The van der Waals surface area contributed by atoms with Crippen LogP contribution in [0, 0.1) is 5.13 Å². The van der Waals surface area contributed by atoms with E-state index in [9.17, 15) is 4.39 Å². The summed E-state index contributed by atoms with van der Waals surface area (Å²) in [5.74, 6) is 0. The van der Waals surface area contributed by atoms with E-state index in [-0.39, 0.29) is 10.6 Å². The number of halogens is 1. The molecule has 0 unspecified atom stereocenters. The summed E-state index contributed by atoms with van der Waals surface area (Å²) in [7, 11) is -1.63. The smallest absolute Gasteiger partial charge is 0.423 e. The summed E-state index contributed by atoms with van der Waals surface area (Å²) in [5, 5.41) is 18.2. The highest BCUT2D eigenvalue weighted by molar-refractivity contribution is 7.17. The molecule has 0 aliphatic rings. The Bertz CT molecular complexity index is 485. The van der Waals surface area contributed by atoms with Gasteiger partial charge in [0.1, 0.15) is 0 Å². The first kappa shape index (κ1) is 9.45. The molecule has 0 bridgehead atoms. The highest BCUT2D eigenvalue weighted by Crippen LogP contribution is 2.25. The Morgan fingerprint density at radius 1 is 1.29 bits per heavy atom. The van der Waals surface area contributed by atoms with Crippen molar-refractivity contribution in [2.75, 3.05) is 5.73 Å². The molecule has 6 heteroatoms. The first-order valence-corrected chi connectivity index (χ1v) is 4.74. The van der Waals surface area contributed by atoms with Crippen molar-refractivity contribution in [1.29, 1.82) is 0 Å². The molecule has 0 amide bonds. The van der Waals surface area contributed by atoms with Gasteiger partial charge in [0.25, 0.3) is 0 Å². The van der Waals surface area contributed by atoms with E-state index in [2.05, 4.69) is 0 Å². The lowest BCUT2D eigenvalue weighted by molar-refractivity contribution is 0.426. The Kier molecular flexibility index (Phi) is 2.18. The van der Waals surface area contributed by atoms with Crippen LogP contribution < -0.4 is 11.2 Å². The first-order valence-electron chi connectivity index (χ1n) is 3.92. The van der Waals surface area contributed by atoms with Gasteiger partial charge in [-0.15, -0.1) is 11.3 Å². The van der Waals surface area contributed by atoms with Crippen molar-refractivity contribution >= 4 is 39.7 Å². The molecular weight excluding hydrogens is 204 g/mol. The molecule has 1 heterocycles. The zero-order chi connectivity index (χ0) is 10.3. The highest BCUT2D eigenvalue weighted by Gasteiger charge is 2.17. The molecule has 0 saturated heterocycles. The lowest BCUT2D eigenvalue weighted by Gasteiger charge is -2.02. The van der Waals surface area contributed by atoms with Gasteiger partial charge in [-0.1, -0.05) is 0 Å². The molecule has 0 aliphatic heterocycles. The summed E-state index contributed by atoms with van der Waals surface area (Å²) in [6, 6.07) is 4.31. The number of rotatable bonds is 1. The van der Waals surface area contributed by atoms with Gasteiger partial charge in [0.05, 0.1) is 0 Å². The molecule has 0 fully saturated rings. The number of hydrogen-bond donors (Lipinski definition) is 3. The van der Waals surface area contributed by atoms with Gasteiger partial charge in [0.15, 0.2) is 5.13 Å². The van der Waals surface area contributed by atoms with Crippen molar-refractivity contribution in [2.24, 2.45) is 0 Å². The Morgan fingerprint density at radius 2 is 2.00 bits per heavy atom. The fourth-order valence-electron chi connectivity index (χ4n) is 1.37. The van der Waals surface area contributed by atoms with Crippen LogP contribution in [0.5, 0.6) is 0 Å². The van der Waals surface area contributed by atoms with E-state index in [1.54, 1.807) is 6.07 Å². The molecular formula is C8H7BFNO2S. The molecule has 2 aromatic rings. The lowest BCUT2D eigenvalue weighted by Crippen LogP contribution is -2.30. The fraction of sp³-hybridized carbons (Fsp3) is 0. The van der Waals surface area contributed by atoms with Crippen LogP contribution in [-0.2, 0) is 0 Å². The molecule has 0 atom stereocenters. The van der Waals surface area contributed by atoms with Crippen molar-refractivity contribution in [3.63, 3.8) is 0 Å². The number of benzene rings is 1. The third kappa shape index (κ3) is 1.47. The maximum absolute atomic E-state index is 12.9. The van der Waals surface area contributed by atoms with Gasteiger partial charge < -0.3 is 15.8 Å². The van der Waals surface area contributed by atoms with Crippen molar-refractivity contribution in [3.8, 4) is 0 Å². The summed E-state index contributed by atoms with van der Waals surface area (Å²) >= 11 is 0.929. The van der Waals surface area contributed by atoms with Crippen molar-refractivity contribution in [3.05, 3.63) is 23.3 Å². The largest absolute Gasteiger partial charge is 0.489 e. The van der Waals surface area contributed by atoms with Gasteiger partial charge in [-0.05, 0) is 29.0 Å². The minimum absolute atomic E-state index is 0.236. The molecule has 72 valence electrons. The molecule has 0 aliphatic carbocycles. The lowest BCUT2D eigenvalue weighted by atomic mass is 9.78. The van der Waals surface area contributed by atoms with Crippen molar-refractivity contribution in [1.82, 2.24) is 0 Å². The predicted molar refractivity (Wildman–Crippen MR) is 56.0 cm³/mol. The van der Waals surface area contributed by atoms with E-state index in [4.69, 9.17) is 15.8 Å². The van der Waals surface area contributed by atoms with Gasteiger partial charge in [-0.3, -0.25) is 0 Å². The summed E-state index contributed by atoms with van der Waals surface area (Å²) in [5.41, 5.74) is 6.16. The molecule has 0 radical (unpaired) electrons. The molecule has 1 aromatic heterocycles. The second-order valence-electron chi connectivity index (χ2n) is 2.95. The van der Waals surface area contributed by atoms with Crippen LogP contribution in [0.15, 0.2) is 18.2 Å². The Morgan fingerprint density at radius 3 is 2.64 bits per heavy atom. The van der Waals surface area contributed by atoms with Crippen LogP contribution in [0.1, 0.15) is 0 Å². The molecule has 1 aromatic carbocycles. The van der Waals surface area contributed by atoms with Crippen molar-refractivity contribution in [2.45, 2.75) is 0 Å². The molecule has 3 nitrogen and oxygen atoms in total. The van der Waals surface area contributed by atoms with E-state index in [0.29, 0.717) is 15.8 Å². The quantitative estimate of drug-likeness (QED) is 0.469. The maximum Gasteiger partial charge on any atom is 0.489 e. The molecule has 14 heavy (non-hydrogen) atoms. The average molecular weight is 211 g/mol.